The molecule has 0 aliphatic carbocycles. The third-order valence-electron chi connectivity index (χ3n) is 2.45. The number of nitrogens with one attached hydrogen (secondary N) is 1. The number of rotatable bonds is 4. The molecule has 0 aliphatic rings. The number of carbonyl (C=O) groups excluding carboxylic acids is 1. The van der Waals surface area contributed by atoms with Crippen LogP contribution in [0.25, 0.3) is 0 Å². The van der Waals surface area contributed by atoms with Crippen LogP contribution < -0.4 is 5.32 Å². The zero-order valence-electron chi connectivity index (χ0n) is 10.5. The van der Waals surface area contributed by atoms with Crippen LogP contribution in [0.5, 0.6) is 0 Å². The summed E-state index contributed by atoms with van der Waals surface area (Å²) in [5.74, 6) is -1.49. The highest BCUT2D eigenvalue weighted by Gasteiger charge is 2.13. The minimum atomic E-state index is -1.15. The first-order valence-electron chi connectivity index (χ1n) is 5.61. The first kappa shape index (κ1) is 14.0. The van der Waals surface area contributed by atoms with Crippen LogP contribution in [0.1, 0.15) is 20.8 Å². The SMILES string of the molecule is CSc1ncccc1C(=O)Nc1ccnc(C(=O)O)c1. The maximum atomic E-state index is 12.1. The lowest BCUT2D eigenvalue weighted by molar-refractivity contribution is 0.0690. The van der Waals surface area contributed by atoms with Crippen LogP contribution in [0.4, 0.5) is 5.69 Å². The number of carbonyl (C=O) groups is 2. The Morgan fingerprint density at radius 2 is 2.05 bits per heavy atom. The average Bonchev–Trinajstić information content (AvgIpc) is 2.47. The topological polar surface area (TPSA) is 92.2 Å². The Labute approximate surface area is 119 Å². The van der Waals surface area contributed by atoms with Gasteiger partial charge in [-0.15, -0.1) is 11.8 Å². The molecule has 2 rings (SSSR count). The molecule has 0 saturated heterocycles. The smallest absolute Gasteiger partial charge is 0.354 e. The molecule has 0 spiro atoms. The highest BCUT2D eigenvalue weighted by Crippen LogP contribution is 2.18. The van der Waals surface area contributed by atoms with E-state index in [-0.39, 0.29) is 11.6 Å². The van der Waals surface area contributed by atoms with Crippen molar-refractivity contribution in [2.45, 2.75) is 5.03 Å². The van der Waals surface area contributed by atoms with Crippen LogP contribution in [-0.2, 0) is 0 Å². The van der Waals surface area contributed by atoms with Gasteiger partial charge in [0.2, 0.25) is 0 Å². The molecule has 7 heteroatoms. The first-order chi connectivity index (χ1) is 9.61. The number of anilines is 1. The van der Waals surface area contributed by atoms with Gasteiger partial charge in [0, 0.05) is 18.1 Å². The maximum absolute atomic E-state index is 12.1. The molecule has 2 aromatic rings. The summed E-state index contributed by atoms with van der Waals surface area (Å²) in [6.07, 6.45) is 4.77. The van der Waals surface area contributed by atoms with Crippen LogP contribution in [0.3, 0.4) is 0 Å². The van der Waals surface area contributed by atoms with Gasteiger partial charge < -0.3 is 10.4 Å². The summed E-state index contributed by atoms with van der Waals surface area (Å²) in [4.78, 5) is 30.8. The first-order valence-corrected chi connectivity index (χ1v) is 6.84. The molecule has 2 N–H and O–H groups in total. The number of hydrogen-bond acceptors (Lipinski definition) is 5. The number of aromatic carboxylic acids is 1. The number of hydrogen-bond donors (Lipinski definition) is 2. The molecule has 1 amide bonds. The van der Waals surface area contributed by atoms with Gasteiger partial charge in [-0.25, -0.2) is 14.8 Å². The van der Waals surface area contributed by atoms with E-state index in [9.17, 15) is 9.59 Å². The third kappa shape index (κ3) is 3.12. The van der Waals surface area contributed by atoms with Crippen molar-refractivity contribution >= 4 is 29.3 Å². The van der Waals surface area contributed by atoms with Gasteiger partial charge in [0.15, 0.2) is 0 Å². The molecule has 102 valence electrons. The predicted octanol–water partition coefficient (Wildman–Crippen LogP) is 2.15. The van der Waals surface area contributed by atoms with E-state index in [0.717, 1.165) is 0 Å². The quantitative estimate of drug-likeness (QED) is 0.838. The predicted molar refractivity (Wildman–Crippen MR) is 75.2 cm³/mol. The molecule has 0 aliphatic heterocycles. The molecule has 0 aromatic carbocycles. The Hall–Kier alpha value is -2.41. The molecule has 0 atom stereocenters. The van der Waals surface area contributed by atoms with Crippen LogP contribution >= 0.6 is 11.8 Å². The van der Waals surface area contributed by atoms with Gasteiger partial charge in [-0.3, -0.25) is 4.79 Å². The summed E-state index contributed by atoms with van der Waals surface area (Å²) in [5.41, 5.74) is 0.686. The van der Waals surface area contributed by atoms with E-state index in [1.807, 2.05) is 6.26 Å². The molecule has 0 radical (unpaired) electrons. The summed E-state index contributed by atoms with van der Waals surface area (Å²) in [7, 11) is 0. The largest absolute Gasteiger partial charge is 0.477 e. The normalized spacial score (nSPS) is 10.1. The monoisotopic (exact) mass is 289 g/mol. The van der Waals surface area contributed by atoms with Crippen molar-refractivity contribution in [1.29, 1.82) is 0 Å². The number of amides is 1. The minimum absolute atomic E-state index is 0.126. The number of nitrogens with zero attached hydrogens (tertiary/aromatic N) is 2. The lowest BCUT2D eigenvalue weighted by atomic mass is 10.2. The van der Waals surface area contributed by atoms with E-state index in [0.29, 0.717) is 16.3 Å². The van der Waals surface area contributed by atoms with E-state index >= 15 is 0 Å². The summed E-state index contributed by atoms with van der Waals surface area (Å²) in [6, 6.07) is 6.16. The summed E-state index contributed by atoms with van der Waals surface area (Å²) in [6.45, 7) is 0. The van der Waals surface area contributed by atoms with E-state index in [1.165, 1.54) is 30.1 Å². The minimum Gasteiger partial charge on any atom is -0.477 e. The van der Waals surface area contributed by atoms with E-state index in [2.05, 4.69) is 15.3 Å². The van der Waals surface area contributed by atoms with Crippen molar-refractivity contribution in [3.63, 3.8) is 0 Å². The fraction of sp³-hybridized carbons (Fsp3) is 0.0769. The Bertz CT molecular complexity index is 661. The van der Waals surface area contributed by atoms with Crippen molar-refractivity contribution in [3.05, 3.63) is 47.9 Å². The van der Waals surface area contributed by atoms with E-state index < -0.39 is 5.97 Å². The van der Waals surface area contributed by atoms with Gasteiger partial charge in [-0.2, -0.15) is 0 Å². The van der Waals surface area contributed by atoms with Gasteiger partial charge in [0.25, 0.3) is 5.91 Å². The number of aromatic nitrogens is 2. The van der Waals surface area contributed by atoms with Crippen molar-refractivity contribution in [1.82, 2.24) is 9.97 Å². The molecular weight excluding hydrogens is 278 g/mol. The van der Waals surface area contributed by atoms with E-state index in [1.54, 1.807) is 18.3 Å². The highest BCUT2D eigenvalue weighted by atomic mass is 32.2. The lowest BCUT2D eigenvalue weighted by Crippen LogP contribution is -2.14. The average molecular weight is 289 g/mol. The van der Waals surface area contributed by atoms with Crippen molar-refractivity contribution in [2.75, 3.05) is 11.6 Å². The van der Waals surface area contributed by atoms with Gasteiger partial charge in [-0.1, -0.05) is 0 Å². The van der Waals surface area contributed by atoms with Gasteiger partial charge in [-0.05, 0) is 30.5 Å². The van der Waals surface area contributed by atoms with Gasteiger partial charge in [0.05, 0.1) is 5.56 Å². The molecule has 6 nitrogen and oxygen atoms in total. The second kappa shape index (κ2) is 6.16. The highest BCUT2D eigenvalue weighted by molar-refractivity contribution is 7.98. The second-order valence-corrected chi connectivity index (χ2v) is 4.54. The Balaban J connectivity index is 2.23. The van der Waals surface area contributed by atoms with Crippen molar-refractivity contribution < 1.29 is 14.7 Å². The van der Waals surface area contributed by atoms with Crippen LogP contribution in [-0.4, -0.2) is 33.2 Å². The standard InChI is InChI=1S/C13H11N3O3S/c1-20-12-9(3-2-5-15-12)11(17)16-8-4-6-14-10(7-8)13(18)19/h2-7H,1H3,(H,18,19)(H,14,16,17). The van der Waals surface area contributed by atoms with Crippen LogP contribution in [0, 0.1) is 0 Å². The molecule has 0 unspecified atom stereocenters. The Kier molecular flexibility index (Phi) is 4.31. The summed E-state index contributed by atoms with van der Waals surface area (Å²) in [5, 5.41) is 12.1. The molecule has 0 saturated carbocycles. The maximum Gasteiger partial charge on any atom is 0.354 e. The number of pyridine rings is 2. The summed E-state index contributed by atoms with van der Waals surface area (Å²) >= 11 is 1.36. The zero-order valence-corrected chi connectivity index (χ0v) is 11.3. The van der Waals surface area contributed by atoms with Crippen molar-refractivity contribution in [2.24, 2.45) is 0 Å². The molecule has 2 aromatic heterocycles. The number of carboxylic acid groups (broad SMARTS) is 1. The summed E-state index contributed by atoms with van der Waals surface area (Å²) < 4.78 is 0. The Morgan fingerprint density at radius 3 is 2.75 bits per heavy atom. The van der Waals surface area contributed by atoms with Crippen LogP contribution in [0.15, 0.2) is 41.7 Å². The molecule has 0 fully saturated rings. The molecule has 0 bridgehead atoms. The fourth-order valence-corrected chi connectivity index (χ4v) is 2.10. The number of thioether (sulfide) groups is 1. The number of carboxylic acids is 1. The molecular formula is C13H11N3O3S. The molecule has 20 heavy (non-hydrogen) atoms. The van der Waals surface area contributed by atoms with Crippen molar-refractivity contribution in [3.8, 4) is 0 Å². The lowest BCUT2D eigenvalue weighted by Gasteiger charge is -2.08. The van der Waals surface area contributed by atoms with Crippen LogP contribution in [0.2, 0.25) is 0 Å². The third-order valence-corrected chi connectivity index (χ3v) is 3.16. The second-order valence-electron chi connectivity index (χ2n) is 3.75. The van der Waals surface area contributed by atoms with E-state index in [4.69, 9.17) is 5.11 Å². The fourth-order valence-electron chi connectivity index (χ4n) is 1.55. The molecule has 2 heterocycles. The Morgan fingerprint density at radius 1 is 1.25 bits per heavy atom. The zero-order chi connectivity index (χ0) is 14.5. The van der Waals surface area contributed by atoms with Gasteiger partial charge in [0.1, 0.15) is 10.7 Å². The van der Waals surface area contributed by atoms with Gasteiger partial charge >= 0.3 is 5.97 Å².